The van der Waals surface area contributed by atoms with E-state index in [4.69, 9.17) is 0 Å². The van der Waals surface area contributed by atoms with Crippen LogP contribution in [-0.2, 0) is 4.79 Å². The largest absolute Gasteiger partial charge is 0.358 e. The molecule has 0 spiro atoms. The van der Waals surface area contributed by atoms with Gasteiger partial charge in [-0.25, -0.2) is 0 Å². The van der Waals surface area contributed by atoms with Gasteiger partial charge < -0.3 is 10.6 Å². The van der Waals surface area contributed by atoms with Crippen molar-refractivity contribution in [1.29, 1.82) is 0 Å². The first-order valence-electron chi connectivity index (χ1n) is 7.73. The summed E-state index contributed by atoms with van der Waals surface area (Å²) in [6.45, 7) is 4.31. The molecule has 0 heterocycles. The van der Waals surface area contributed by atoms with E-state index in [9.17, 15) is 4.79 Å². The lowest BCUT2D eigenvalue weighted by Gasteiger charge is -2.39. The second-order valence-corrected chi connectivity index (χ2v) is 7.20. The van der Waals surface area contributed by atoms with Crippen molar-refractivity contribution in [3.63, 3.8) is 0 Å². The van der Waals surface area contributed by atoms with Crippen molar-refractivity contribution in [2.75, 3.05) is 7.05 Å². The number of nitrogens with one attached hydrogen (secondary N) is 2. The minimum Gasteiger partial charge on any atom is -0.358 e. The molecule has 0 aromatic heterocycles. The summed E-state index contributed by atoms with van der Waals surface area (Å²) in [5, 5.41) is 6.29. The van der Waals surface area contributed by atoms with Crippen LogP contribution in [0.15, 0.2) is 28.7 Å². The van der Waals surface area contributed by atoms with Crippen LogP contribution in [-0.4, -0.2) is 25.0 Å². The van der Waals surface area contributed by atoms with Crippen LogP contribution < -0.4 is 10.6 Å². The fourth-order valence-electron chi connectivity index (χ4n) is 2.99. The molecule has 3 nitrogen and oxygen atoms in total. The second kappa shape index (κ2) is 7.41. The third kappa shape index (κ3) is 4.30. The summed E-state index contributed by atoms with van der Waals surface area (Å²) in [6.07, 6.45) is 3.10. The van der Waals surface area contributed by atoms with Crippen molar-refractivity contribution in [3.05, 3.63) is 34.3 Å². The maximum atomic E-state index is 11.9. The molecule has 1 aliphatic rings. The van der Waals surface area contributed by atoms with E-state index in [1.807, 2.05) is 6.07 Å². The van der Waals surface area contributed by atoms with Gasteiger partial charge >= 0.3 is 0 Å². The summed E-state index contributed by atoms with van der Waals surface area (Å²) in [4.78, 5) is 11.9. The molecule has 2 rings (SSSR count). The number of carbonyl (C=O) groups is 1. The zero-order chi connectivity index (χ0) is 15.4. The highest BCUT2D eigenvalue weighted by Gasteiger charge is 2.34. The molecule has 2 N–H and O–H groups in total. The zero-order valence-electron chi connectivity index (χ0n) is 13.0. The van der Waals surface area contributed by atoms with Crippen molar-refractivity contribution in [2.45, 2.75) is 51.1 Å². The highest BCUT2D eigenvalue weighted by Crippen LogP contribution is 2.40. The highest BCUT2D eigenvalue weighted by atomic mass is 79.9. The van der Waals surface area contributed by atoms with Gasteiger partial charge in [0.15, 0.2) is 0 Å². The highest BCUT2D eigenvalue weighted by molar-refractivity contribution is 9.10. The number of rotatable bonds is 6. The molecule has 1 amide bonds. The van der Waals surface area contributed by atoms with Crippen LogP contribution in [0.5, 0.6) is 0 Å². The van der Waals surface area contributed by atoms with E-state index in [1.165, 1.54) is 10.0 Å². The van der Waals surface area contributed by atoms with Crippen LogP contribution in [0, 0.1) is 5.92 Å². The number of amides is 1. The molecule has 0 saturated heterocycles. The third-order valence-corrected chi connectivity index (χ3v) is 4.91. The fourth-order valence-corrected chi connectivity index (χ4v) is 3.60. The minimum absolute atomic E-state index is 0.0693. The van der Waals surface area contributed by atoms with Gasteiger partial charge in [0, 0.05) is 17.6 Å². The predicted octanol–water partition coefficient (Wildman–Crippen LogP) is 3.45. The molecule has 4 heteroatoms. The van der Waals surface area contributed by atoms with Gasteiger partial charge in [-0.2, -0.15) is 0 Å². The van der Waals surface area contributed by atoms with Gasteiger partial charge in [0.2, 0.25) is 5.91 Å². The summed E-state index contributed by atoms with van der Waals surface area (Å²) in [6, 6.07) is 8.81. The van der Waals surface area contributed by atoms with Crippen molar-refractivity contribution in [2.24, 2.45) is 5.92 Å². The molecule has 1 unspecified atom stereocenters. The standard InChI is InChI=1S/C17H25BrN2O/c1-11(2)8-16(17(21)19-3)20-13-9-12(10-13)14-6-4-5-7-15(14)18/h4-7,11-13,16,20H,8-10H2,1-3H3,(H,19,21). The third-order valence-electron chi connectivity index (χ3n) is 4.19. The Kier molecular flexibility index (Phi) is 5.82. The Labute approximate surface area is 136 Å². The first-order chi connectivity index (χ1) is 10.0. The van der Waals surface area contributed by atoms with E-state index in [0.717, 1.165) is 19.3 Å². The Morgan fingerprint density at radius 2 is 2.00 bits per heavy atom. The lowest BCUT2D eigenvalue weighted by molar-refractivity contribution is -0.123. The van der Waals surface area contributed by atoms with E-state index < -0.39 is 0 Å². The maximum absolute atomic E-state index is 11.9. The quantitative estimate of drug-likeness (QED) is 0.823. The Morgan fingerprint density at radius 3 is 2.57 bits per heavy atom. The monoisotopic (exact) mass is 352 g/mol. The Bertz CT molecular complexity index is 483. The van der Waals surface area contributed by atoms with Gasteiger partial charge in [-0.05, 0) is 42.7 Å². The number of hydrogen-bond acceptors (Lipinski definition) is 2. The van der Waals surface area contributed by atoms with Crippen LogP contribution in [0.25, 0.3) is 0 Å². The molecular formula is C17H25BrN2O. The van der Waals surface area contributed by atoms with Crippen LogP contribution in [0.2, 0.25) is 0 Å². The molecule has 0 aliphatic heterocycles. The summed E-state index contributed by atoms with van der Waals surface area (Å²) in [5.41, 5.74) is 1.39. The summed E-state index contributed by atoms with van der Waals surface area (Å²) in [7, 11) is 1.71. The molecule has 1 atom stereocenters. The van der Waals surface area contributed by atoms with Gasteiger partial charge in [0.25, 0.3) is 0 Å². The van der Waals surface area contributed by atoms with E-state index in [-0.39, 0.29) is 11.9 Å². The zero-order valence-corrected chi connectivity index (χ0v) is 14.6. The average molecular weight is 353 g/mol. The van der Waals surface area contributed by atoms with Gasteiger partial charge in [0.1, 0.15) is 0 Å². The molecule has 1 saturated carbocycles. The number of benzene rings is 1. The smallest absolute Gasteiger partial charge is 0.236 e. The summed E-state index contributed by atoms with van der Waals surface area (Å²) in [5.74, 6) is 1.22. The topological polar surface area (TPSA) is 41.1 Å². The molecule has 1 aromatic rings. The van der Waals surface area contributed by atoms with Crippen molar-refractivity contribution < 1.29 is 4.79 Å². The Balaban J connectivity index is 1.88. The first-order valence-corrected chi connectivity index (χ1v) is 8.52. The summed E-state index contributed by atoms with van der Waals surface area (Å²) >= 11 is 3.62. The Hall–Kier alpha value is -0.870. The number of hydrogen-bond donors (Lipinski definition) is 2. The minimum atomic E-state index is -0.0693. The molecule has 116 valence electrons. The fraction of sp³-hybridized carbons (Fsp3) is 0.588. The van der Waals surface area contributed by atoms with Crippen LogP contribution in [0.4, 0.5) is 0 Å². The van der Waals surface area contributed by atoms with Gasteiger partial charge in [-0.15, -0.1) is 0 Å². The second-order valence-electron chi connectivity index (χ2n) is 6.35. The molecule has 1 fully saturated rings. The maximum Gasteiger partial charge on any atom is 0.236 e. The van der Waals surface area contributed by atoms with Gasteiger partial charge in [0.05, 0.1) is 6.04 Å². The van der Waals surface area contributed by atoms with Crippen molar-refractivity contribution in [3.8, 4) is 0 Å². The molecule has 0 radical (unpaired) electrons. The number of likely N-dealkylation sites (N-methyl/N-ethyl adjacent to an activating group) is 1. The van der Waals surface area contributed by atoms with E-state index in [1.54, 1.807) is 7.05 Å². The molecule has 0 bridgehead atoms. The van der Waals surface area contributed by atoms with E-state index in [2.05, 4.69) is 58.6 Å². The first kappa shape index (κ1) is 16.5. The summed E-state index contributed by atoms with van der Waals surface area (Å²) < 4.78 is 1.19. The average Bonchev–Trinajstić information content (AvgIpc) is 2.41. The van der Waals surface area contributed by atoms with E-state index in [0.29, 0.717) is 17.9 Å². The van der Waals surface area contributed by atoms with Crippen LogP contribution >= 0.6 is 15.9 Å². The van der Waals surface area contributed by atoms with Gasteiger partial charge in [-0.3, -0.25) is 4.79 Å². The number of halogens is 1. The molecular weight excluding hydrogens is 328 g/mol. The van der Waals surface area contributed by atoms with Crippen molar-refractivity contribution >= 4 is 21.8 Å². The number of carbonyl (C=O) groups excluding carboxylic acids is 1. The molecule has 21 heavy (non-hydrogen) atoms. The lowest BCUT2D eigenvalue weighted by atomic mass is 9.75. The van der Waals surface area contributed by atoms with Crippen LogP contribution in [0.3, 0.4) is 0 Å². The lowest BCUT2D eigenvalue weighted by Crippen LogP contribution is -2.51. The SMILES string of the molecule is CNC(=O)C(CC(C)C)NC1CC(c2ccccc2Br)C1. The normalized spacial score (nSPS) is 22.7. The Morgan fingerprint density at radius 1 is 1.33 bits per heavy atom. The van der Waals surface area contributed by atoms with E-state index >= 15 is 0 Å². The van der Waals surface area contributed by atoms with Crippen LogP contribution in [0.1, 0.15) is 44.6 Å². The van der Waals surface area contributed by atoms with Gasteiger partial charge in [-0.1, -0.05) is 48.0 Å². The molecule has 1 aromatic carbocycles. The predicted molar refractivity (Wildman–Crippen MR) is 90.4 cm³/mol. The molecule has 1 aliphatic carbocycles. The van der Waals surface area contributed by atoms with Crippen molar-refractivity contribution in [1.82, 2.24) is 10.6 Å².